The van der Waals surface area contributed by atoms with E-state index in [1.54, 1.807) is 0 Å². The molecular weight excluding hydrogens is 292 g/mol. The number of furan rings is 1. The number of aliphatic hydroxyl groups excluding tert-OH is 1. The summed E-state index contributed by atoms with van der Waals surface area (Å²) in [5, 5.41) is 15.3. The van der Waals surface area contributed by atoms with Crippen molar-refractivity contribution in [2.75, 3.05) is 13.2 Å². The Labute approximate surface area is 133 Å². The highest BCUT2D eigenvalue weighted by Crippen LogP contribution is 2.28. The first-order valence-corrected chi connectivity index (χ1v) is 7.46. The van der Waals surface area contributed by atoms with Crippen molar-refractivity contribution in [3.63, 3.8) is 0 Å². The van der Waals surface area contributed by atoms with Crippen LogP contribution in [0.1, 0.15) is 17.4 Å². The van der Waals surface area contributed by atoms with Gasteiger partial charge in [0.15, 0.2) is 0 Å². The smallest absolute Gasteiger partial charge is 0.315 e. The third-order valence-electron chi connectivity index (χ3n) is 3.53. The lowest BCUT2D eigenvalue weighted by Gasteiger charge is -2.17. The zero-order valence-corrected chi connectivity index (χ0v) is 12.5. The van der Waals surface area contributed by atoms with Crippen LogP contribution in [-0.4, -0.2) is 24.3 Å². The summed E-state index contributed by atoms with van der Waals surface area (Å²) in [5.74, 6) is 0.663. The minimum absolute atomic E-state index is 0.103. The normalized spacial score (nSPS) is 12.0. The van der Waals surface area contributed by atoms with E-state index in [2.05, 4.69) is 10.6 Å². The molecule has 0 fully saturated rings. The number of nitrogens with one attached hydrogen (secondary N) is 2. The van der Waals surface area contributed by atoms with E-state index in [0.29, 0.717) is 5.76 Å². The Morgan fingerprint density at radius 1 is 1.09 bits per heavy atom. The Morgan fingerprint density at radius 3 is 2.57 bits per heavy atom. The molecule has 0 aliphatic heterocycles. The second-order valence-electron chi connectivity index (χ2n) is 5.15. The van der Waals surface area contributed by atoms with E-state index in [1.807, 2.05) is 60.7 Å². The van der Waals surface area contributed by atoms with Crippen molar-refractivity contribution in [1.29, 1.82) is 0 Å². The summed E-state index contributed by atoms with van der Waals surface area (Å²) < 4.78 is 5.90. The van der Waals surface area contributed by atoms with Gasteiger partial charge in [-0.2, -0.15) is 0 Å². The van der Waals surface area contributed by atoms with Crippen LogP contribution in [0.15, 0.2) is 65.1 Å². The van der Waals surface area contributed by atoms with Crippen LogP contribution in [0.3, 0.4) is 0 Å². The summed E-state index contributed by atoms with van der Waals surface area (Å²) >= 11 is 0. The van der Waals surface area contributed by atoms with Crippen molar-refractivity contribution in [1.82, 2.24) is 10.6 Å². The minimum atomic E-state index is -0.401. The number of fused-ring (bicyclic) bond motifs is 1. The third kappa shape index (κ3) is 3.52. The Balaban J connectivity index is 1.92. The largest absolute Gasteiger partial charge is 0.459 e. The van der Waals surface area contributed by atoms with Crippen molar-refractivity contribution < 1.29 is 14.3 Å². The maximum Gasteiger partial charge on any atom is 0.315 e. The predicted octanol–water partition coefficient (Wildman–Crippen LogP) is 2.81. The zero-order chi connectivity index (χ0) is 16.1. The molecule has 1 heterocycles. The summed E-state index contributed by atoms with van der Waals surface area (Å²) in [5.41, 5.74) is 1.70. The van der Waals surface area contributed by atoms with Crippen LogP contribution in [0.25, 0.3) is 11.0 Å². The number of hydrogen-bond acceptors (Lipinski definition) is 3. The first-order valence-electron chi connectivity index (χ1n) is 7.46. The number of carbonyl (C=O) groups is 1. The van der Waals surface area contributed by atoms with Gasteiger partial charge in [0, 0.05) is 11.9 Å². The Bertz CT molecular complexity index is 750. The molecule has 0 aliphatic rings. The predicted molar refractivity (Wildman–Crippen MR) is 88.1 cm³/mol. The lowest BCUT2D eigenvalue weighted by molar-refractivity contribution is 0.231. The van der Waals surface area contributed by atoms with Gasteiger partial charge < -0.3 is 20.2 Å². The van der Waals surface area contributed by atoms with E-state index in [1.165, 1.54) is 0 Å². The third-order valence-corrected chi connectivity index (χ3v) is 3.53. The molecule has 1 atom stereocenters. The van der Waals surface area contributed by atoms with E-state index in [-0.39, 0.29) is 19.2 Å². The van der Waals surface area contributed by atoms with E-state index < -0.39 is 6.04 Å². The molecule has 2 amide bonds. The van der Waals surface area contributed by atoms with Crippen molar-refractivity contribution >= 4 is 17.0 Å². The number of urea groups is 1. The average Bonchev–Trinajstić information content (AvgIpc) is 3.02. The van der Waals surface area contributed by atoms with Crippen LogP contribution in [0, 0.1) is 0 Å². The second kappa shape index (κ2) is 6.98. The van der Waals surface area contributed by atoms with E-state index in [0.717, 1.165) is 16.5 Å². The fraction of sp³-hybridized carbons (Fsp3) is 0.167. The Hall–Kier alpha value is -2.79. The molecule has 5 nitrogen and oxygen atoms in total. The van der Waals surface area contributed by atoms with Gasteiger partial charge in [-0.3, -0.25) is 0 Å². The first kappa shape index (κ1) is 15.1. The molecular formula is C18H18N2O3. The molecule has 23 heavy (non-hydrogen) atoms. The van der Waals surface area contributed by atoms with Crippen LogP contribution < -0.4 is 10.6 Å². The molecule has 0 aliphatic carbocycles. The van der Waals surface area contributed by atoms with Crippen LogP contribution >= 0.6 is 0 Å². The monoisotopic (exact) mass is 310 g/mol. The molecule has 0 saturated carbocycles. The van der Waals surface area contributed by atoms with Gasteiger partial charge >= 0.3 is 6.03 Å². The summed E-state index contributed by atoms with van der Waals surface area (Å²) in [6.45, 7) is 0.0987. The van der Waals surface area contributed by atoms with Crippen LogP contribution in [0.4, 0.5) is 4.79 Å². The van der Waals surface area contributed by atoms with Gasteiger partial charge in [0.2, 0.25) is 0 Å². The minimum Gasteiger partial charge on any atom is -0.459 e. The van der Waals surface area contributed by atoms with E-state index in [9.17, 15) is 4.79 Å². The summed E-state index contributed by atoms with van der Waals surface area (Å²) in [6, 6.07) is 18.5. The van der Waals surface area contributed by atoms with Gasteiger partial charge in [-0.15, -0.1) is 0 Å². The highest BCUT2D eigenvalue weighted by atomic mass is 16.3. The van der Waals surface area contributed by atoms with E-state index >= 15 is 0 Å². The molecule has 2 aromatic carbocycles. The van der Waals surface area contributed by atoms with Crippen molar-refractivity contribution in [2.45, 2.75) is 6.04 Å². The van der Waals surface area contributed by atoms with Gasteiger partial charge in [0.05, 0.1) is 6.61 Å². The number of para-hydroxylation sites is 1. The van der Waals surface area contributed by atoms with Crippen LogP contribution in [-0.2, 0) is 0 Å². The number of rotatable bonds is 5. The molecule has 0 radical (unpaired) electrons. The maximum absolute atomic E-state index is 12.0. The van der Waals surface area contributed by atoms with Crippen molar-refractivity contribution in [3.8, 4) is 0 Å². The molecule has 118 valence electrons. The molecule has 1 aromatic heterocycles. The lowest BCUT2D eigenvalue weighted by Crippen LogP contribution is -2.39. The van der Waals surface area contributed by atoms with Gasteiger partial charge in [-0.25, -0.2) is 4.79 Å². The van der Waals surface area contributed by atoms with Gasteiger partial charge in [0.25, 0.3) is 0 Å². The number of carbonyl (C=O) groups excluding carboxylic acids is 1. The molecule has 3 N–H and O–H groups in total. The van der Waals surface area contributed by atoms with Gasteiger partial charge in [-0.1, -0.05) is 48.5 Å². The number of amides is 2. The molecule has 0 bridgehead atoms. The summed E-state index contributed by atoms with van der Waals surface area (Å²) in [4.78, 5) is 12.0. The molecule has 1 unspecified atom stereocenters. The quantitative estimate of drug-likeness (QED) is 0.678. The Morgan fingerprint density at radius 2 is 1.83 bits per heavy atom. The molecule has 3 rings (SSSR count). The maximum atomic E-state index is 12.0. The molecule has 0 saturated heterocycles. The Kier molecular flexibility index (Phi) is 4.59. The summed E-state index contributed by atoms with van der Waals surface area (Å²) in [7, 11) is 0. The highest BCUT2D eigenvalue weighted by Gasteiger charge is 2.20. The SMILES string of the molecule is O=C(NCCO)NC(c1ccccc1)c1cc2ccccc2o1. The number of benzene rings is 2. The second-order valence-corrected chi connectivity index (χ2v) is 5.15. The fourth-order valence-electron chi connectivity index (χ4n) is 2.46. The van der Waals surface area contributed by atoms with Crippen molar-refractivity contribution in [3.05, 3.63) is 72.0 Å². The standard InChI is InChI=1S/C18H18N2O3/c21-11-10-19-18(22)20-17(13-6-2-1-3-7-13)16-12-14-8-4-5-9-15(14)23-16/h1-9,12,17,21H,10-11H2,(H2,19,20,22). The molecule has 0 spiro atoms. The van der Waals surface area contributed by atoms with Crippen LogP contribution in [0.2, 0.25) is 0 Å². The van der Waals surface area contributed by atoms with Gasteiger partial charge in [0.1, 0.15) is 17.4 Å². The van der Waals surface area contributed by atoms with Gasteiger partial charge in [-0.05, 0) is 17.7 Å². The molecule has 3 aromatic rings. The first-order chi connectivity index (χ1) is 11.3. The molecule has 5 heteroatoms. The zero-order valence-electron chi connectivity index (χ0n) is 12.5. The van der Waals surface area contributed by atoms with Crippen LogP contribution in [0.5, 0.6) is 0 Å². The summed E-state index contributed by atoms with van der Waals surface area (Å²) in [6.07, 6.45) is 0. The number of hydrogen-bond donors (Lipinski definition) is 3. The fourth-order valence-corrected chi connectivity index (χ4v) is 2.46. The average molecular weight is 310 g/mol. The van der Waals surface area contributed by atoms with E-state index in [4.69, 9.17) is 9.52 Å². The lowest BCUT2D eigenvalue weighted by atomic mass is 10.0. The highest BCUT2D eigenvalue weighted by molar-refractivity contribution is 5.79. The van der Waals surface area contributed by atoms with Crippen molar-refractivity contribution in [2.24, 2.45) is 0 Å². The topological polar surface area (TPSA) is 74.5 Å². The number of aliphatic hydroxyl groups is 1.